The first-order chi connectivity index (χ1) is 14.5. The molecule has 0 saturated carbocycles. The Labute approximate surface area is 178 Å². The minimum Gasteiger partial charge on any atom is -0.390 e. The molecule has 1 fully saturated rings. The molecule has 2 aromatic rings. The number of hydrogen-bond acceptors (Lipinski definition) is 6. The zero-order valence-corrected chi connectivity index (χ0v) is 18.0. The molecular weight excluding hydrogens is 400 g/mol. The fraction of sp³-hybridized carbons (Fsp3) is 0.500. The van der Waals surface area contributed by atoms with Crippen LogP contribution in [0.5, 0.6) is 0 Å². The average molecular weight is 431 g/mol. The topological polar surface area (TPSA) is 85.8 Å². The van der Waals surface area contributed by atoms with E-state index in [1.165, 1.54) is 17.3 Å². The Morgan fingerprint density at radius 1 is 1.03 bits per heavy atom. The van der Waals surface area contributed by atoms with Crippen molar-refractivity contribution >= 4 is 15.8 Å². The zero-order valence-electron chi connectivity index (χ0n) is 17.2. The number of hydrogen-bond donors (Lipinski definition) is 2. The third-order valence-electron chi connectivity index (χ3n) is 5.89. The molecule has 2 aliphatic rings. The molecule has 1 unspecified atom stereocenters. The van der Waals surface area contributed by atoms with Crippen molar-refractivity contribution in [2.45, 2.75) is 43.2 Å². The van der Waals surface area contributed by atoms with E-state index < -0.39 is 16.1 Å². The van der Waals surface area contributed by atoms with Gasteiger partial charge in [0.25, 0.3) is 0 Å². The van der Waals surface area contributed by atoms with Crippen LogP contribution in [0.3, 0.4) is 0 Å². The average Bonchev–Trinajstić information content (AvgIpc) is 2.78. The molecular formula is C22H30N4O3S. The summed E-state index contributed by atoms with van der Waals surface area (Å²) in [6, 6.07) is 11.7. The number of sulfonamides is 1. The van der Waals surface area contributed by atoms with E-state index in [1.54, 1.807) is 16.4 Å². The molecule has 4 rings (SSSR count). The van der Waals surface area contributed by atoms with Gasteiger partial charge in [0.2, 0.25) is 10.0 Å². The second-order valence-electron chi connectivity index (χ2n) is 8.13. The molecule has 0 radical (unpaired) electrons. The van der Waals surface area contributed by atoms with E-state index in [0.717, 1.165) is 38.8 Å². The van der Waals surface area contributed by atoms with Crippen LogP contribution in [0.25, 0.3) is 0 Å². The summed E-state index contributed by atoms with van der Waals surface area (Å²) >= 11 is 0. The highest BCUT2D eigenvalue weighted by atomic mass is 32.2. The van der Waals surface area contributed by atoms with Gasteiger partial charge in [0.05, 0.1) is 6.10 Å². The number of β-amino-alcohol motifs (C(OH)–C–C–N with tert-alkyl or cyclic N) is 1. The maximum Gasteiger partial charge on any atom is 0.244 e. The predicted molar refractivity (Wildman–Crippen MR) is 117 cm³/mol. The highest BCUT2D eigenvalue weighted by molar-refractivity contribution is 7.89. The van der Waals surface area contributed by atoms with E-state index in [2.05, 4.69) is 39.5 Å². The van der Waals surface area contributed by atoms with Gasteiger partial charge in [-0.1, -0.05) is 30.7 Å². The van der Waals surface area contributed by atoms with Gasteiger partial charge < -0.3 is 10.4 Å². The van der Waals surface area contributed by atoms with Gasteiger partial charge in [-0.3, -0.25) is 4.90 Å². The van der Waals surface area contributed by atoms with E-state index in [-0.39, 0.29) is 4.90 Å². The number of nitrogens with zero attached hydrogens (tertiary/aromatic N) is 3. The van der Waals surface area contributed by atoms with Gasteiger partial charge in [-0.2, -0.15) is 4.31 Å². The third-order valence-corrected chi connectivity index (χ3v) is 7.77. The van der Waals surface area contributed by atoms with Crippen LogP contribution in [-0.2, 0) is 23.0 Å². The minimum atomic E-state index is -3.47. The maximum atomic E-state index is 12.7. The highest BCUT2D eigenvalue weighted by Gasteiger charge is 2.26. The smallest absolute Gasteiger partial charge is 0.244 e. The van der Waals surface area contributed by atoms with Gasteiger partial charge in [0.15, 0.2) is 0 Å². The molecule has 162 valence electrons. The molecule has 30 heavy (non-hydrogen) atoms. The van der Waals surface area contributed by atoms with Crippen molar-refractivity contribution in [3.05, 3.63) is 53.7 Å². The van der Waals surface area contributed by atoms with Crippen molar-refractivity contribution in [1.82, 2.24) is 14.2 Å². The van der Waals surface area contributed by atoms with Crippen LogP contribution < -0.4 is 5.32 Å². The first-order valence-electron chi connectivity index (χ1n) is 10.7. The predicted octanol–water partition coefficient (Wildman–Crippen LogP) is 2.09. The number of pyridine rings is 1. The summed E-state index contributed by atoms with van der Waals surface area (Å²) in [6.45, 7) is 3.90. The lowest BCUT2D eigenvalue weighted by Gasteiger charge is -2.30. The summed E-state index contributed by atoms with van der Waals surface area (Å²) in [6.07, 6.45) is 4.78. The second kappa shape index (κ2) is 9.43. The van der Waals surface area contributed by atoms with E-state index in [4.69, 9.17) is 0 Å². The lowest BCUT2D eigenvalue weighted by atomic mass is 10.00. The van der Waals surface area contributed by atoms with Crippen LogP contribution in [0.15, 0.2) is 47.5 Å². The standard InChI is InChI=1S/C22H30N4O3S/c27-20(17-25-13-10-18-6-2-3-7-19(18)16-25)14-23-22-9-8-21(15-24-22)30(28,29)26-11-4-1-5-12-26/h2-3,6-9,15,20,27H,1,4-5,10-14,16-17H2,(H,23,24). The van der Waals surface area contributed by atoms with Gasteiger partial charge in [0.1, 0.15) is 10.7 Å². The van der Waals surface area contributed by atoms with Crippen LogP contribution in [0.1, 0.15) is 30.4 Å². The van der Waals surface area contributed by atoms with Crippen molar-refractivity contribution in [1.29, 1.82) is 0 Å². The number of piperidine rings is 1. The normalized spacial score (nSPS) is 19.2. The summed E-state index contributed by atoms with van der Waals surface area (Å²) in [5.74, 6) is 0.565. The Kier molecular flexibility index (Phi) is 6.67. The molecule has 0 spiro atoms. The van der Waals surface area contributed by atoms with E-state index in [9.17, 15) is 13.5 Å². The van der Waals surface area contributed by atoms with Crippen LogP contribution in [0.4, 0.5) is 5.82 Å². The molecule has 8 heteroatoms. The van der Waals surface area contributed by atoms with Crippen LogP contribution >= 0.6 is 0 Å². The zero-order chi connectivity index (χ0) is 21.0. The fourth-order valence-corrected chi connectivity index (χ4v) is 5.65. The molecule has 7 nitrogen and oxygen atoms in total. The van der Waals surface area contributed by atoms with Crippen molar-refractivity contribution < 1.29 is 13.5 Å². The van der Waals surface area contributed by atoms with Gasteiger partial charge in [-0.15, -0.1) is 0 Å². The monoisotopic (exact) mass is 430 g/mol. The molecule has 2 aliphatic heterocycles. The Balaban J connectivity index is 1.28. The molecule has 2 N–H and O–H groups in total. The van der Waals surface area contributed by atoms with Crippen molar-refractivity contribution in [2.75, 3.05) is 38.0 Å². The summed E-state index contributed by atoms with van der Waals surface area (Å²) in [5, 5.41) is 13.5. The number of aliphatic hydroxyl groups is 1. The van der Waals surface area contributed by atoms with Crippen LogP contribution in [0.2, 0.25) is 0 Å². The van der Waals surface area contributed by atoms with E-state index in [0.29, 0.717) is 32.0 Å². The van der Waals surface area contributed by atoms with Crippen LogP contribution in [-0.4, -0.2) is 66.5 Å². The fourth-order valence-electron chi connectivity index (χ4n) is 4.19. The van der Waals surface area contributed by atoms with Gasteiger partial charge >= 0.3 is 0 Å². The highest BCUT2D eigenvalue weighted by Crippen LogP contribution is 2.21. The number of aromatic nitrogens is 1. The van der Waals surface area contributed by atoms with Gasteiger partial charge in [0, 0.05) is 45.5 Å². The SMILES string of the molecule is O=S(=O)(c1ccc(NCC(O)CN2CCc3ccccc3C2)nc1)N1CCCCC1. The summed E-state index contributed by atoms with van der Waals surface area (Å²) in [7, 11) is -3.47. The summed E-state index contributed by atoms with van der Waals surface area (Å²) in [4.78, 5) is 6.73. The van der Waals surface area contributed by atoms with Crippen molar-refractivity contribution in [3.63, 3.8) is 0 Å². The first-order valence-corrected chi connectivity index (χ1v) is 12.1. The maximum absolute atomic E-state index is 12.7. The molecule has 1 atom stereocenters. The van der Waals surface area contributed by atoms with Crippen LogP contribution in [0, 0.1) is 0 Å². The minimum absolute atomic E-state index is 0.225. The quantitative estimate of drug-likeness (QED) is 0.700. The number of anilines is 1. The van der Waals surface area contributed by atoms with E-state index >= 15 is 0 Å². The van der Waals surface area contributed by atoms with Crippen molar-refractivity contribution in [3.8, 4) is 0 Å². The Bertz CT molecular complexity index is 943. The molecule has 0 amide bonds. The largest absolute Gasteiger partial charge is 0.390 e. The van der Waals surface area contributed by atoms with Crippen molar-refractivity contribution in [2.24, 2.45) is 0 Å². The number of fused-ring (bicyclic) bond motifs is 1. The molecule has 1 aromatic heterocycles. The molecule has 0 aliphatic carbocycles. The lowest BCUT2D eigenvalue weighted by Crippen LogP contribution is -2.39. The molecule has 1 saturated heterocycles. The Morgan fingerprint density at radius 2 is 1.80 bits per heavy atom. The van der Waals surface area contributed by atoms with Gasteiger partial charge in [-0.05, 0) is 42.5 Å². The molecule has 1 aromatic carbocycles. The first kappa shape index (κ1) is 21.2. The Hall–Kier alpha value is -2.00. The summed E-state index contributed by atoms with van der Waals surface area (Å²) < 4.78 is 26.9. The molecule has 0 bridgehead atoms. The summed E-state index contributed by atoms with van der Waals surface area (Å²) in [5.41, 5.74) is 2.72. The Morgan fingerprint density at radius 3 is 2.53 bits per heavy atom. The number of nitrogens with one attached hydrogen (secondary N) is 1. The third kappa shape index (κ3) is 5.00. The number of rotatable bonds is 7. The lowest BCUT2D eigenvalue weighted by molar-refractivity contribution is 0.114. The second-order valence-corrected chi connectivity index (χ2v) is 10.1. The van der Waals surface area contributed by atoms with Gasteiger partial charge in [-0.25, -0.2) is 13.4 Å². The molecule has 3 heterocycles. The number of aliphatic hydroxyl groups excluding tert-OH is 1. The van der Waals surface area contributed by atoms with E-state index in [1.807, 2.05) is 0 Å². The number of benzene rings is 1.